The Hall–Kier alpha value is -1.42. The van der Waals surface area contributed by atoms with Crippen LogP contribution in [0.5, 0.6) is 0 Å². The standard InChI is InChI=1S/C12H14FNO2/c1-16-12-2-3-14(7-12)11-5-9(8-15)4-10(13)6-11/h4-6,8,12H,2-3,7H2,1H3. The molecule has 1 saturated heterocycles. The second-order valence-electron chi connectivity index (χ2n) is 3.95. The maximum Gasteiger partial charge on any atom is 0.150 e. The average Bonchev–Trinajstić information content (AvgIpc) is 2.76. The van der Waals surface area contributed by atoms with E-state index in [4.69, 9.17) is 4.74 Å². The third-order valence-electron chi connectivity index (χ3n) is 2.88. The van der Waals surface area contributed by atoms with Gasteiger partial charge in [-0.2, -0.15) is 0 Å². The smallest absolute Gasteiger partial charge is 0.150 e. The lowest BCUT2D eigenvalue weighted by Crippen LogP contribution is -2.22. The molecule has 0 aliphatic carbocycles. The summed E-state index contributed by atoms with van der Waals surface area (Å²) in [5.74, 6) is -0.375. The van der Waals surface area contributed by atoms with Gasteiger partial charge >= 0.3 is 0 Å². The largest absolute Gasteiger partial charge is 0.380 e. The van der Waals surface area contributed by atoms with Gasteiger partial charge in [-0.05, 0) is 24.6 Å². The van der Waals surface area contributed by atoms with Crippen molar-refractivity contribution in [3.05, 3.63) is 29.6 Å². The first kappa shape index (κ1) is 11.1. The molecule has 1 unspecified atom stereocenters. The molecule has 3 nitrogen and oxygen atoms in total. The maximum atomic E-state index is 13.2. The van der Waals surface area contributed by atoms with Gasteiger partial charge in [-0.15, -0.1) is 0 Å². The number of aldehydes is 1. The number of nitrogens with zero attached hydrogens (tertiary/aromatic N) is 1. The molecule has 0 aromatic heterocycles. The minimum Gasteiger partial charge on any atom is -0.380 e. The monoisotopic (exact) mass is 223 g/mol. The van der Waals surface area contributed by atoms with Crippen LogP contribution in [0.4, 0.5) is 10.1 Å². The van der Waals surface area contributed by atoms with Gasteiger partial charge in [-0.25, -0.2) is 4.39 Å². The van der Waals surface area contributed by atoms with Crippen LogP contribution in [-0.4, -0.2) is 32.6 Å². The van der Waals surface area contributed by atoms with Crippen LogP contribution >= 0.6 is 0 Å². The van der Waals surface area contributed by atoms with Crippen molar-refractivity contribution in [2.24, 2.45) is 0 Å². The summed E-state index contributed by atoms with van der Waals surface area (Å²) in [6.45, 7) is 1.58. The Morgan fingerprint density at radius 1 is 1.50 bits per heavy atom. The quantitative estimate of drug-likeness (QED) is 0.732. The van der Waals surface area contributed by atoms with E-state index in [0.717, 1.165) is 25.2 Å². The zero-order valence-electron chi connectivity index (χ0n) is 9.15. The molecule has 1 aromatic rings. The van der Waals surface area contributed by atoms with Gasteiger partial charge in [0.05, 0.1) is 6.10 Å². The van der Waals surface area contributed by atoms with E-state index in [1.807, 2.05) is 4.90 Å². The first-order valence-electron chi connectivity index (χ1n) is 5.26. The molecule has 0 spiro atoms. The lowest BCUT2D eigenvalue weighted by Gasteiger charge is -2.18. The average molecular weight is 223 g/mol. The molecule has 2 rings (SSSR count). The number of hydrogen-bond donors (Lipinski definition) is 0. The van der Waals surface area contributed by atoms with Gasteiger partial charge in [0.25, 0.3) is 0 Å². The van der Waals surface area contributed by atoms with Gasteiger partial charge in [-0.1, -0.05) is 0 Å². The number of anilines is 1. The summed E-state index contributed by atoms with van der Waals surface area (Å²) in [5.41, 5.74) is 1.12. The first-order valence-corrected chi connectivity index (χ1v) is 5.26. The molecule has 1 aromatic carbocycles. The number of rotatable bonds is 3. The predicted molar refractivity (Wildman–Crippen MR) is 59.4 cm³/mol. The van der Waals surface area contributed by atoms with Gasteiger partial charge in [0.1, 0.15) is 12.1 Å². The van der Waals surface area contributed by atoms with E-state index in [2.05, 4.69) is 0 Å². The van der Waals surface area contributed by atoms with E-state index in [1.54, 1.807) is 13.2 Å². The SMILES string of the molecule is COC1CCN(c2cc(F)cc(C=O)c2)C1. The van der Waals surface area contributed by atoms with Crippen molar-refractivity contribution in [2.45, 2.75) is 12.5 Å². The highest BCUT2D eigenvalue weighted by Gasteiger charge is 2.22. The van der Waals surface area contributed by atoms with Crippen molar-refractivity contribution < 1.29 is 13.9 Å². The number of carbonyl (C=O) groups is 1. The Morgan fingerprint density at radius 3 is 2.94 bits per heavy atom. The van der Waals surface area contributed by atoms with Gasteiger partial charge in [0.15, 0.2) is 0 Å². The first-order chi connectivity index (χ1) is 7.72. The van der Waals surface area contributed by atoms with Crippen LogP contribution in [0.3, 0.4) is 0 Å². The molecule has 0 bridgehead atoms. The van der Waals surface area contributed by atoms with E-state index < -0.39 is 0 Å². The molecule has 0 N–H and O–H groups in total. The Labute approximate surface area is 93.8 Å². The van der Waals surface area contributed by atoms with Crippen LogP contribution in [0.1, 0.15) is 16.8 Å². The fourth-order valence-electron chi connectivity index (χ4n) is 2.00. The number of ether oxygens (including phenoxy) is 1. The van der Waals surface area contributed by atoms with E-state index in [0.29, 0.717) is 11.8 Å². The fourth-order valence-corrected chi connectivity index (χ4v) is 2.00. The van der Waals surface area contributed by atoms with E-state index in [9.17, 15) is 9.18 Å². The van der Waals surface area contributed by atoms with E-state index in [-0.39, 0.29) is 11.9 Å². The van der Waals surface area contributed by atoms with Gasteiger partial charge in [0, 0.05) is 31.5 Å². The molecule has 16 heavy (non-hydrogen) atoms. The van der Waals surface area contributed by atoms with E-state index >= 15 is 0 Å². The Morgan fingerprint density at radius 2 is 2.31 bits per heavy atom. The minimum atomic E-state index is -0.375. The lowest BCUT2D eigenvalue weighted by molar-refractivity contribution is 0.112. The second kappa shape index (κ2) is 4.61. The molecule has 86 valence electrons. The Kier molecular flexibility index (Phi) is 3.19. The minimum absolute atomic E-state index is 0.197. The Bertz CT molecular complexity index is 395. The molecular weight excluding hydrogens is 209 g/mol. The molecule has 1 aliphatic heterocycles. The summed E-state index contributed by atoms with van der Waals surface area (Å²) in [5, 5.41) is 0. The van der Waals surface area contributed by atoms with Crippen molar-refractivity contribution in [1.29, 1.82) is 0 Å². The molecule has 1 atom stereocenters. The molecule has 0 saturated carbocycles. The molecule has 1 fully saturated rings. The van der Waals surface area contributed by atoms with Crippen molar-refractivity contribution in [1.82, 2.24) is 0 Å². The van der Waals surface area contributed by atoms with E-state index in [1.165, 1.54) is 12.1 Å². The molecule has 1 aliphatic rings. The number of benzene rings is 1. The predicted octanol–water partition coefficient (Wildman–Crippen LogP) is 1.86. The van der Waals surface area contributed by atoms with Crippen molar-refractivity contribution in [3.8, 4) is 0 Å². The van der Waals surface area contributed by atoms with Crippen molar-refractivity contribution in [3.63, 3.8) is 0 Å². The summed E-state index contributed by atoms with van der Waals surface area (Å²) in [6, 6.07) is 4.39. The highest BCUT2D eigenvalue weighted by atomic mass is 19.1. The zero-order valence-corrected chi connectivity index (χ0v) is 9.15. The zero-order chi connectivity index (χ0) is 11.5. The number of carbonyl (C=O) groups excluding carboxylic acids is 1. The van der Waals surface area contributed by atoms with Crippen LogP contribution in [-0.2, 0) is 4.74 Å². The molecule has 0 amide bonds. The number of hydrogen-bond acceptors (Lipinski definition) is 3. The maximum absolute atomic E-state index is 13.2. The van der Waals surface area contributed by atoms with Crippen LogP contribution in [0, 0.1) is 5.82 Å². The highest BCUT2D eigenvalue weighted by Crippen LogP contribution is 2.23. The summed E-state index contributed by atoms with van der Waals surface area (Å²) >= 11 is 0. The molecule has 4 heteroatoms. The number of methoxy groups -OCH3 is 1. The third kappa shape index (κ3) is 2.22. The molecule has 0 radical (unpaired) electrons. The lowest BCUT2D eigenvalue weighted by atomic mass is 10.2. The Balaban J connectivity index is 2.20. The van der Waals surface area contributed by atoms with Crippen LogP contribution in [0.15, 0.2) is 18.2 Å². The summed E-state index contributed by atoms with van der Waals surface area (Å²) < 4.78 is 18.5. The third-order valence-corrected chi connectivity index (χ3v) is 2.88. The molecular formula is C12H14FNO2. The van der Waals surface area contributed by atoms with Crippen LogP contribution < -0.4 is 4.90 Å². The van der Waals surface area contributed by atoms with Crippen molar-refractivity contribution in [2.75, 3.05) is 25.1 Å². The van der Waals surface area contributed by atoms with Gasteiger partial charge < -0.3 is 9.64 Å². The van der Waals surface area contributed by atoms with Crippen LogP contribution in [0.25, 0.3) is 0 Å². The summed E-state index contributed by atoms with van der Waals surface area (Å²) in [6.07, 6.45) is 1.79. The molecule has 1 heterocycles. The van der Waals surface area contributed by atoms with Crippen LogP contribution in [0.2, 0.25) is 0 Å². The van der Waals surface area contributed by atoms with Gasteiger partial charge in [0.2, 0.25) is 0 Å². The normalized spacial score (nSPS) is 20.1. The topological polar surface area (TPSA) is 29.5 Å². The van der Waals surface area contributed by atoms with Gasteiger partial charge in [-0.3, -0.25) is 4.79 Å². The summed E-state index contributed by atoms with van der Waals surface area (Å²) in [4.78, 5) is 12.7. The highest BCUT2D eigenvalue weighted by molar-refractivity contribution is 5.77. The fraction of sp³-hybridized carbons (Fsp3) is 0.417. The second-order valence-corrected chi connectivity index (χ2v) is 3.95. The van der Waals surface area contributed by atoms with Crippen molar-refractivity contribution >= 4 is 12.0 Å². The summed E-state index contributed by atoms with van der Waals surface area (Å²) in [7, 11) is 1.68. The number of halogens is 1.